The largest absolute Gasteiger partial charge is 0.463 e. The van der Waals surface area contributed by atoms with E-state index in [1.807, 2.05) is 6.07 Å². The summed E-state index contributed by atoms with van der Waals surface area (Å²) in [5.74, 6) is -0.425. The molecule has 20 heavy (non-hydrogen) atoms. The summed E-state index contributed by atoms with van der Waals surface area (Å²) in [6.45, 7) is 3.76. The van der Waals surface area contributed by atoms with Crippen molar-refractivity contribution in [2.75, 3.05) is 13.7 Å². The van der Waals surface area contributed by atoms with E-state index in [1.165, 1.54) is 4.90 Å². The van der Waals surface area contributed by atoms with Gasteiger partial charge in [-0.15, -0.1) is 0 Å². The van der Waals surface area contributed by atoms with Crippen molar-refractivity contribution in [1.82, 2.24) is 15.2 Å². The predicted molar refractivity (Wildman–Crippen MR) is 72.6 cm³/mol. The first-order valence-electron chi connectivity index (χ1n) is 6.38. The minimum Gasteiger partial charge on any atom is -0.463 e. The van der Waals surface area contributed by atoms with Crippen LogP contribution in [0.5, 0.6) is 0 Å². The van der Waals surface area contributed by atoms with Gasteiger partial charge in [0.1, 0.15) is 0 Å². The SMILES string of the molecule is CCOC(=O)C1=C(C)N(C)C(=O)N[C@@H]1c1cccnc1. The van der Waals surface area contributed by atoms with Gasteiger partial charge in [-0.25, -0.2) is 9.59 Å². The Kier molecular flexibility index (Phi) is 4.02. The van der Waals surface area contributed by atoms with E-state index < -0.39 is 12.0 Å². The Morgan fingerprint density at radius 3 is 2.90 bits per heavy atom. The molecule has 0 bridgehead atoms. The lowest BCUT2D eigenvalue weighted by Crippen LogP contribution is -2.46. The third-order valence-corrected chi connectivity index (χ3v) is 3.27. The molecule has 2 amide bonds. The number of urea groups is 1. The van der Waals surface area contributed by atoms with Crippen LogP contribution in [0.3, 0.4) is 0 Å². The lowest BCUT2D eigenvalue weighted by atomic mass is 9.96. The Labute approximate surface area is 117 Å². The molecular weight excluding hydrogens is 258 g/mol. The van der Waals surface area contributed by atoms with Gasteiger partial charge in [0, 0.05) is 25.1 Å². The van der Waals surface area contributed by atoms with E-state index in [9.17, 15) is 9.59 Å². The summed E-state index contributed by atoms with van der Waals surface area (Å²) in [7, 11) is 1.61. The maximum absolute atomic E-state index is 12.2. The summed E-state index contributed by atoms with van der Waals surface area (Å²) >= 11 is 0. The third-order valence-electron chi connectivity index (χ3n) is 3.27. The highest BCUT2D eigenvalue weighted by Crippen LogP contribution is 2.29. The number of carbonyl (C=O) groups is 2. The van der Waals surface area contributed by atoms with Crippen molar-refractivity contribution in [2.24, 2.45) is 0 Å². The van der Waals surface area contributed by atoms with Gasteiger partial charge in [-0.1, -0.05) is 6.07 Å². The second-order valence-corrected chi connectivity index (χ2v) is 4.45. The number of amides is 2. The van der Waals surface area contributed by atoms with Crippen LogP contribution in [0.25, 0.3) is 0 Å². The standard InChI is InChI=1S/C14H17N3O3/c1-4-20-13(18)11-9(2)17(3)14(19)16-12(11)10-6-5-7-15-8-10/h5-8,12H,4H2,1-3H3,(H,16,19)/t12-/m1/s1. The maximum atomic E-state index is 12.2. The number of nitrogens with zero attached hydrogens (tertiary/aromatic N) is 2. The minimum atomic E-state index is -0.536. The van der Waals surface area contributed by atoms with Crippen LogP contribution in [0.15, 0.2) is 35.8 Å². The molecule has 0 radical (unpaired) electrons. The highest BCUT2D eigenvalue weighted by molar-refractivity contribution is 5.94. The van der Waals surface area contributed by atoms with Crippen LogP contribution in [0.2, 0.25) is 0 Å². The number of esters is 1. The molecule has 0 spiro atoms. The third kappa shape index (κ3) is 2.49. The fourth-order valence-electron chi connectivity index (χ4n) is 2.11. The first kappa shape index (κ1) is 14.0. The molecule has 1 aliphatic heterocycles. The Morgan fingerprint density at radius 1 is 1.55 bits per heavy atom. The van der Waals surface area contributed by atoms with Gasteiger partial charge in [-0.2, -0.15) is 0 Å². The Bertz CT molecular complexity index is 554. The first-order chi connectivity index (χ1) is 9.56. The average molecular weight is 275 g/mol. The van der Waals surface area contributed by atoms with Crippen LogP contribution in [0.1, 0.15) is 25.5 Å². The quantitative estimate of drug-likeness (QED) is 0.851. The van der Waals surface area contributed by atoms with Gasteiger partial charge in [-0.3, -0.25) is 4.98 Å². The molecule has 106 valence electrons. The molecule has 6 heteroatoms. The van der Waals surface area contributed by atoms with E-state index in [4.69, 9.17) is 4.74 Å². The number of rotatable bonds is 3. The first-order valence-corrected chi connectivity index (χ1v) is 6.38. The second-order valence-electron chi connectivity index (χ2n) is 4.45. The van der Waals surface area contributed by atoms with Gasteiger partial charge in [-0.05, 0) is 25.5 Å². The van der Waals surface area contributed by atoms with Gasteiger partial charge in [0.2, 0.25) is 0 Å². The number of hydrogen-bond donors (Lipinski definition) is 1. The van der Waals surface area contributed by atoms with Gasteiger partial charge >= 0.3 is 12.0 Å². The van der Waals surface area contributed by atoms with Gasteiger partial charge in [0.15, 0.2) is 0 Å². The van der Waals surface area contributed by atoms with Crippen molar-refractivity contribution in [3.05, 3.63) is 41.4 Å². The van der Waals surface area contributed by atoms with Crippen molar-refractivity contribution in [2.45, 2.75) is 19.9 Å². The molecule has 1 aliphatic rings. The van der Waals surface area contributed by atoms with E-state index in [2.05, 4.69) is 10.3 Å². The number of hydrogen-bond acceptors (Lipinski definition) is 4. The summed E-state index contributed by atoms with van der Waals surface area (Å²) in [6.07, 6.45) is 3.27. The molecule has 0 aliphatic carbocycles. The molecule has 2 rings (SSSR count). The van der Waals surface area contributed by atoms with Crippen LogP contribution < -0.4 is 5.32 Å². The number of carbonyl (C=O) groups excluding carboxylic acids is 2. The van der Waals surface area contributed by atoms with Gasteiger partial charge in [0.05, 0.1) is 18.2 Å². The van der Waals surface area contributed by atoms with Crippen LogP contribution in [-0.2, 0) is 9.53 Å². The Morgan fingerprint density at radius 2 is 2.30 bits per heavy atom. The van der Waals surface area contributed by atoms with Crippen molar-refractivity contribution in [3.8, 4) is 0 Å². The summed E-state index contributed by atoms with van der Waals surface area (Å²) in [4.78, 5) is 29.5. The molecular formula is C14H17N3O3. The Balaban J connectivity index is 2.48. The van der Waals surface area contributed by atoms with Crippen LogP contribution in [0, 0.1) is 0 Å². The molecule has 0 fully saturated rings. The molecule has 0 aromatic carbocycles. The highest BCUT2D eigenvalue weighted by atomic mass is 16.5. The molecule has 0 saturated heterocycles. The lowest BCUT2D eigenvalue weighted by molar-refractivity contribution is -0.139. The summed E-state index contributed by atoms with van der Waals surface area (Å²) in [6, 6.07) is 2.78. The van der Waals surface area contributed by atoms with E-state index in [1.54, 1.807) is 39.4 Å². The van der Waals surface area contributed by atoms with Gasteiger partial charge < -0.3 is 15.0 Å². The second kappa shape index (κ2) is 5.73. The minimum absolute atomic E-state index is 0.260. The molecule has 2 heterocycles. The number of allylic oxidation sites excluding steroid dienone is 1. The zero-order valence-corrected chi connectivity index (χ0v) is 11.7. The van der Waals surface area contributed by atoms with E-state index in [0.717, 1.165) is 5.56 Å². The zero-order valence-electron chi connectivity index (χ0n) is 11.7. The lowest BCUT2D eigenvalue weighted by Gasteiger charge is -2.33. The molecule has 1 N–H and O–H groups in total. The van der Waals surface area contributed by atoms with E-state index >= 15 is 0 Å². The average Bonchev–Trinajstić information content (AvgIpc) is 2.45. The number of nitrogens with one attached hydrogen (secondary N) is 1. The molecule has 0 unspecified atom stereocenters. The monoisotopic (exact) mass is 275 g/mol. The van der Waals surface area contributed by atoms with Crippen molar-refractivity contribution in [3.63, 3.8) is 0 Å². The molecule has 1 aromatic rings. The van der Waals surface area contributed by atoms with E-state index in [-0.39, 0.29) is 12.6 Å². The predicted octanol–water partition coefficient (Wildman–Crippen LogP) is 1.61. The summed E-state index contributed by atoms with van der Waals surface area (Å²) in [5.41, 5.74) is 1.76. The Hall–Kier alpha value is -2.37. The van der Waals surface area contributed by atoms with Crippen LogP contribution in [-0.4, -0.2) is 35.5 Å². The fourth-order valence-corrected chi connectivity index (χ4v) is 2.11. The smallest absolute Gasteiger partial charge is 0.338 e. The fraction of sp³-hybridized carbons (Fsp3) is 0.357. The molecule has 6 nitrogen and oxygen atoms in total. The normalized spacial score (nSPS) is 18.9. The summed E-state index contributed by atoms with van der Waals surface area (Å²) in [5, 5.41) is 2.79. The number of pyridine rings is 1. The summed E-state index contributed by atoms with van der Waals surface area (Å²) < 4.78 is 5.09. The number of aromatic nitrogens is 1. The topological polar surface area (TPSA) is 71.5 Å². The highest BCUT2D eigenvalue weighted by Gasteiger charge is 2.34. The molecule has 1 aromatic heterocycles. The molecule has 1 atom stereocenters. The van der Waals surface area contributed by atoms with Gasteiger partial charge in [0.25, 0.3) is 0 Å². The number of ether oxygens (including phenoxy) is 1. The van der Waals surface area contributed by atoms with Crippen LogP contribution >= 0.6 is 0 Å². The van der Waals surface area contributed by atoms with E-state index in [0.29, 0.717) is 11.3 Å². The molecule has 0 saturated carbocycles. The zero-order chi connectivity index (χ0) is 14.7. The van der Waals surface area contributed by atoms with Crippen LogP contribution in [0.4, 0.5) is 4.79 Å². The maximum Gasteiger partial charge on any atom is 0.338 e. The van der Waals surface area contributed by atoms with Crippen molar-refractivity contribution < 1.29 is 14.3 Å². The van der Waals surface area contributed by atoms with Crippen molar-refractivity contribution in [1.29, 1.82) is 0 Å². The van der Waals surface area contributed by atoms with Crippen molar-refractivity contribution >= 4 is 12.0 Å².